The minimum Gasteiger partial charge on any atom is -0.483 e. The van der Waals surface area contributed by atoms with Gasteiger partial charge in [-0.2, -0.15) is 0 Å². The second-order valence-electron chi connectivity index (χ2n) is 7.45. The molecule has 2 atom stereocenters. The van der Waals surface area contributed by atoms with Gasteiger partial charge in [0.1, 0.15) is 12.1 Å². The van der Waals surface area contributed by atoms with Crippen molar-refractivity contribution in [1.29, 1.82) is 0 Å². The number of hydrogen-bond donors (Lipinski definition) is 2. The number of aromatic nitrogens is 3. The summed E-state index contributed by atoms with van der Waals surface area (Å²) in [6, 6.07) is 5.95. The van der Waals surface area contributed by atoms with Gasteiger partial charge in [0.15, 0.2) is 5.82 Å². The molecule has 0 spiro atoms. The molecular formula is C24H30FN5O3. The average Bonchev–Trinajstić information content (AvgIpc) is 3.45. The van der Waals surface area contributed by atoms with Gasteiger partial charge in [0.05, 0.1) is 6.04 Å². The molecule has 0 unspecified atom stereocenters. The lowest BCUT2D eigenvalue weighted by Gasteiger charge is -2.24. The Morgan fingerprint density at radius 3 is 2.76 bits per heavy atom. The molecule has 0 radical (unpaired) electrons. The van der Waals surface area contributed by atoms with Gasteiger partial charge in [0.25, 0.3) is 6.47 Å². The second-order valence-corrected chi connectivity index (χ2v) is 7.45. The van der Waals surface area contributed by atoms with Crippen molar-refractivity contribution in [2.75, 3.05) is 6.54 Å². The topological polar surface area (TPSA) is 114 Å². The molecule has 33 heavy (non-hydrogen) atoms. The van der Waals surface area contributed by atoms with Crippen molar-refractivity contribution in [1.82, 2.24) is 19.7 Å². The van der Waals surface area contributed by atoms with Crippen LogP contribution in [0.2, 0.25) is 0 Å². The summed E-state index contributed by atoms with van der Waals surface area (Å²) in [6.45, 7) is 2.37. The smallest absolute Gasteiger partial charge is 0.290 e. The average molecular weight is 456 g/mol. The van der Waals surface area contributed by atoms with E-state index >= 15 is 0 Å². The van der Waals surface area contributed by atoms with Gasteiger partial charge < -0.3 is 15.7 Å². The number of benzene rings is 1. The summed E-state index contributed by atoms with van der Waals surface area (Å²) >= 11 is 0. The fourth-order valence-corrected chi connectivity index (χ4v) is 3.58. The number of carbonyl (C=O) groups is 2. The molecule has 0 saturated carbocycles. The first-order chi connectivity index (χ1) is 16.0. The van der Waals surface area contributed by atoms with Crippen LogP contribution in [-0.2, 0) is 16.0 Å². The van der Waals surface area contributed by atoms with E-state index in [4.69, 9.17) is 15.6 Å². The Hall–Kier alpha value is -3.59. The highest BCUT2D eigenvalue weighted by Gasteiger charge is 2.33. The van der Waals surface area contributed by atoms with E-state index in [0.29, 0.717) is 24.4 Å². The number of carbonyl (C=O) groups excluding carboxylic acids is 1. The first-order valence-corrected chi connectivity index (χ1v) is 10.7. The molecule has 1 amide bonds. The van der Waals surface area contributed by atoms with Crippen LogP contribution < -0.4 is 5.73 Å². The Labute approximate surface area is 192 Å². The van der Waals surface area contributed by atoms with Crippen LogP contribution in [0.5, 0.6) is 0 Å². The molecule has 9 heteroatoms. The zero-order valence-electron chi connectivity index (χ0n) is 18.6. The molecule has 2 heterocycles. The van der Waals surface area contributed by atoms with E-state index in [0.717, 1.165) is 12.8 Å². The highest BCUT2D eigenvalue weighted by Crippen LogP contribution is 2.30. The van der Waals surface area contributed by atoms with E-state index in [9.17, 15) is 9.18 Å². The SMILES string of the molecule is CC=CC=CC=Cn1cnc([C@@H]2CCCN2C(=O)C[C@H](N)Cc2ccccc2F)n1.O=CO. The summed E-state index contributed by atoms with van der Waals surface area (Å²) < 4.78 is 15.5. The van der Waals surface area contributed by atoms with Gasteiger partial charge in [-0.25, -0.2) is 14.1 Å². The van der Waals surface area contributed by atoms with Crippen molar-refractivity contribution in [3.05, 3.63) is 78.2 Å². The van der Waals surface area contributed by atoms with Crippen LogP contribution in [0.25, 0.3) is 6.20 Å². The Morgan fingerprint density at radius 2 is 2.03 bits per heavy atom. The lowest BCUT2D eigenvalue weighted by molar-refractivity contribution is -0.132. The van der Waals surface area contributed by atoms with Crippen molar-refractivity contribution in [2.45, 2.75) is 44.7 Å². The third kappa shape index (κ3) is 8.12. The Bertz CT molecular complexity index is 986. The van der Waals surface area contributed by atoms with E-state index < -0.39 is 6.04 Å². The number of hydrogen-bond acceptors (Lipinski definition) is 5. The van der Waals surface area contributed by atoms with Crippen LogP contribution in [0.4, 0.5) is 4.39 Å². The van der Waals surface area contributed by atoms with E-state index in [-0.39, 0.29) is 30.7 Å². The number of amides is 1. The Morgan fingerprint density at radius 1 is 1.30 bits per heavy atom. The van der Waals surface area contributed by atoms with Gasteiger partial charge >= 0.3 is 0 Å². The van der Waals surface area contributed by atoms with Crippen molar-refractivity contribution in [3.8, 4) is 0 Å². The summed E-state index contributed by atoms with van der Waals surface area (Å²) in [5.74, 6) is 0.302. The van der Waals surface area contributed by atoms with Crippen LogP contribution in [0.1, 0.15) is 43.6 Å². The van der Waals surface area contributed by atoms with E-state index in [2.05, 4.69) is 10.1 Å². The molecule has 1 saturated heterocycles. The number of likely N-dealkylation sites (tertiary alicyclic amines) is 1. The number of halogens is 1. The standard InChI is InChI=1S/C23H28FN5O.CH2O2/c1-2-3-4-5-8-13-28-17-26-23(27-28)21-12-9-14-29(21)22(30)16-19(25)15-18-10-6-7-11-20(18)24;2-1-3/h2-8,10-11,13,17,19,21H,9,12,14-16,25H2,1H3;1H,(H,2,3)/t19-,21+;/m1./s1. The first-order valence-electron chi connectivity index (χ1n) is 10.7. The Balaban J connectivity index is 0.00000122. The van der Waals surface area contributed by atoms with Crippen molar-refractivity contribution in [2.24, 2.45) is 5.73 Å². The normalized spacial score (nSPS) is 16.9. The third-order valence-electron chi connectivity index (χ3n) is 5.04. The van der Waals surface area contributed by atoms with Gasteiger partial charge in [0, 0.05) is 25.2 Å². The van der Waals surface area contributed by atoms with Crippen LogP contribution in [-0.4, -0.2) is 49.7 Å². The number of rotatable bonds is 8. The largest absolute Gasteiger partial charge is 0.483 e. The summed E-state index contributed by atoms with van der Waals surface area (Å²) in [7, 11) is 0. The van der Waals surface area contributed by atoms with Gasteiger partial charge in [-0.1, -0.05) is 42.5 Å². The molecule has 1 aliphatic heterocycles. The fourth-order valence-electron chi connectivity index (χ4n) is 3.58. The molecule has 1 aromatic carbocycles. The summed E-state index contributed by atoms with van der Waals surface area (Å²) in [5.41, 5.74) is 6.68. The molecule has 0 bridgehead atoms. The molecule has 3 N–H and O–H groups in total. The predicted octanol–water partition coefficient (Wildman–Crippen LogP) is 3.34. The van der Waals surface area contributed by atoms with Crippen LogP contribution in [0, 0.1) is 5.82 Å². The van der Waals surface area contributed by atoms with Crippen molar-refractivity contribution >= 4 is 18.6 Å². The highest BCUT2D eigenvalue weighted by atomic mass is 19.1. The Kier molecular flexibility index (Phi) is 10.7. The molecule has 0 aliphatic carbocycles. The molecule has 8 nitrogen and oxygen atoms in total. The van der Waals surface area contributed by atoms with E-state index in [1.165, 1.54) is 6.07 Å². The molecule has 3 rings (SSSR count). The number of carboxylic acid groups (broad SMARTS) is 1. The molecular weight excluding hydrogens is 425 g/mol. The van der Waals surface area contributed by atoms with Gasteiger partial charge in [0.2, 0.25) is 5.91 Å². The fraction of sp³-hybridized carbons (Fsp3) is 0.333. The van der Waals surface area contributed by atoms with Gasteiger partial charge in [-0.05, 0) is 43.9 Å². The maximum absolute atomic E-state index is 13.8. The summed E-state index contributed by atoms with van der Waals surface area (Å²) in [6.07, 6.45) is 15.3. The predicted molar refractivity (Wildman–Crippen MR) is 124 cm³/mol. The number of nitrogens with zero attached hydrogens (tertiary/aromatic N) is 4. The van der Waals surface area contributed by atoms with E-state index in [1.54, 1.807) is 34.1 Å². The number of nitrogens with two attached hydrogens (primary N) is 1. The number of allylic oxidation sites excluding steroid dienone is 5. The van der Waals surface area contributed by atoms with Crippen LogP contribution >= 0.6 is 0 Å². The lowest BCUT2D eigenvalue weighted by atomic mass is 10.0. The zero-order valence-corrected chi connectivity index (χ0v) is 18.6. The van der Waals surface area contributed by atoms with Gasteiger partial charge in [-0.3, -0.25) is 9.59 Å². The minimum absolute atomic E-state index is 0.0393. The van der Waals surface area contributed by atoms with Crippen LogP contribution in [0.3, 0.4) is 0 Å². The first kappa shape index (κ1) is 25.7. The van der Waals surface area contributed by atoms with Crippen molar-refractivity contribution < 1.29 is 19.1 Å². The second kappa shape index (κ2) is 13.7. The van der Waals surface area contributed by atoms with Crippen molar-refractivity contribution in [3.63, 3.8) is 0 Å². The van der Waals surface area contributed by atoms with Gasteiger partial charge in [-0.15, -0.1) is 5.10 Å². The molecule has 1 fully saturated rings. The highest BCUT2D eigenvalue weighted by molar-refractivity contribution is 5.77. The zero-order chi connectivity index (χ0) is 24.1. The van der Waals surface area contributed by atoms with Crippen LogP contribution in [0.15, 0.2) is 61.0 Å². The molecule has 1 aliphatic rings. The summed E-state index contributed by atoms with van der Waals surface area (Å²) in [4.78, 5) is 27.4. The maximum Gasteiger partial charge on any atom is 0.290 e. The maximum atomic E-state index is 13.8. The third-order valence-corrected chi connectivity index (χ3v) is 5.04. The minimum atomic E-state index is -0.437. The van der Waals surface area contributed by atoms with E-state index in [1.807, 2.05) is 43.5 Å². The monoisotopic (exact) mass is 455 g/mol. The summed E-state index contributed by atoms with van der Waals surface area (Å²) in [5, 5.41) is 11.4. The lowest BCUT2D eigenvalue weighted by Crippen LogP contribution is -2.36. The molecule has 2 aromatic rings. The molecule has 176 valence electrons. The molecule has 1 aromatic heterocycles. The quantitative estimate of drug-likeness (QED) is 0.466.